The third-order valence-corrected chi connectivity index (χ3v) is 14.4. The first kappa shape index (κ1) is 53.2. The van der Waals surface area contributed by atoms with Gasteiger partial charge in [-0.2, -0.15) is 4.31 Å². The van der Waals surface area contributed by atoms with Gasteiger partial charge in [0.1, 0.15) is 0 Å². The van der Waals surface area contributed by atoms with Crippen LogP contribution in [0.15, 0.2) is 114 Å². The quantitative estimate of drug-likeness (QED) is 0.148. The third kappa shape index (κ3) is 15.3. The number of Topliss-reactive ketones (excluding diaryl/α,β-unsaturated/α-hetero) is 2. The number of ketones is 2. The van der Waals surface area contributed by atoms with Crippen LogP contribution in [-0.2, 0) is 15.9 Å². The number of fused-ring (bicyclic) bond motifs is 2. The van der Waals surface area contributed by atoms with Crippen molar-refractivity contribution in [1.82, 2.24) is 14.5 Å². The lowest BCUT2D eigenvalue weighted by Crippen LogP contribution is -2.50. The summed E-state index contributed by atoms with van der Waals surface area (Å²) in [7, 11) is -3.46. The molecule has 0 saturated carbocycles. The van der Waals surface area contributed by atoms with Gasteiger partial charge in [-0.05, 0) is 133 Å². The molecule has 3 fully saturated rings. The van der Waals surface area contributed by atoms with E-state index in [9.17, 15) is 18.0 Å². The van der Waals surface area contributed by atoms with Crippen LogP contribution < -0.4 is 21.7 Å². The molecule has 0 aromatic heterocycles. The highest BCUT2D eigenvalue weighted by atomic mass is 35.5. The van der Waals surface area contributed by atoms with Crippen LogP contribution >= 0.6 is 11.6 Å². The largest absolute Gasteiger partial charge is 0.379 e. The maximum atomic E-state index is 12.8. The molecule has 346 valence electrons. The van der Waals surface area contributed by atoms with Gasteiger partial charge in [-0.25, -0.2) is 8.42 Å². The van der Waals surface area contributed by atoms with Crippen molar-refractivity contribution >= 4 is 44.6 Å². The van der Waals surface area contributed by atoms with Gasteiger partial charge in [0.05, 0.1) is 4.90 Å². The van der Waals surface area contributed by atoms with Crippen LogP contribution in [0.4, 0.5) is 11.4 Å². The van der Waals surface area contributed by atoms with E-state index in [0.29, 0.717) is 49.5 Å². The number of alkyl halides is 1. The minimum absolute atomic E-state index is 0. The number of carbonyl (C=O) groups excluding carboxylic acids is 2. The maximum absolute atomic E-state index is 12.8. The number of anilines is 2. The Bertz CT molecular complexity index is 2050. The van der Waals surface area contributed by atoms with Crippen molar-refractivity contribution in [1.29, 1.82) is 0 Å². The average molecular weight is 904 g/mol. The second-order valence-corrected chi connectivity index (χ2v) is 18.6. The Morgan fingerprint density at radius 3 is 1.48 bits per heavy atom. The molecule has 5 aliphatic heterocycles. The highest BCUT2D eigenvalue weighted by Gasteiger charge is 2.41. The van der Waals surface area contributed by atoms with Gasteiger partial charge in [0.15, 0.2) is 11.6 Å². The number of halogens is 1. The molecule has 9 rings (SSSR count). The van der Waals surface area contributed by atoms with Gasteiger partial charge in [-0.1, -0.05) is 101 Å². The summed E-state index contributed by atoms with van der Waals surface area (Å²) in [5.41, 5.74) is 9.44. The third-order valence-electron chi connectivity index (χ3n) is 12.2. The molecule has 5 heterocycles. The molecule has 0 amide bonds. The fraction of sp³-hybridized carbons (Fsp3) is 0.490. The number of likely N-dealkylation sites (tertiary alicyclic amines) is 1. The lowest BCUT2D eigenvalue weighted by Gasteiger charge is -2.42. The van der Waals surface area contributed by atoms with E-state index in [4.69, 9.17) is 17.3 Å². The number of piperidine rings is 2. The van der Waals surface area contributed by atoms with Gasteiger partial charge in [-0.3, -0.25) is 9.59 Å². The predicted molar refractivity (Wildman–Crippen MR) is 265 cm³/mol. The van der Waals surface area contributed by atoms with E-state index in [1.165, 1.54) is 38.0 Å². The molecule has 0 radical (unpaired) electrons. The van der Waals surface area contributed by atoms with Crippen molar-refractivity contribution in [3.8, 4) is 0 Å². The summed E-state index contributed by atoms with van der Waals surface area (Å²) >= 11 is 5.53. The lowest BCUT2D eigenvalue weighted by molar-refractivity contribution is 0.0965. The van der Waals surface area contributed by atoms with Crippen LogP contribution in [0, 0.1) is 0 Å². The Labute approximate surface area is 384 Å². The van der Waals surface area contributed by atoms with E-state index >= 15 is 0 Å². The number of carbonyl (C=O) groups is 2. The van der Waals surface area contributed by atoms with Gasteiger partial charge >= 0.3 is 0 Å². The molecule has 4 aromatic carbocycles. The molecular weight excluding hydrogens is 828 g/mol. The van der Waals surface area contributed by atoms with Crippen molar-refractivity contribution in [2.24, 2.45) is 5.73 Å². The van der Waals surface area contributed by atoms with Crippen molar-refractivity contribution in [2.45, 2.75) is 115 Å². The first-order valence-electron chi connectivity index (χ1n) is 22.2. The number of benzene rings is 4. The average Bonchev–Trinajstić information content (AvgIpc) is 3.75. The fourth-order valence-corrected chi connectivity index (χ4v) is 10.2. The SMILES string of the molecule is C.C.CCN.CCN1CCCC1.ClCc1ccccc1.O=C1CCC2(CCN(S(=O)(=O)c3ccccc3)CC2)Nc2ccccc21.O=C1CCC2(CCNCC2)Nc2ccccc21. The number of para-hydroxylation sites is 2. The molecule has 10 nitrogen and oxygen atoms in total. The van der Waals surface area contributed by atoms with E-state index in [2.05, 4.69) is 27.8 Å². The molecule has 3 saturated heterocycles. The van der Waals surface area contributed by atoms with E-state index in [1.807, 2.05) is 91.9 Å². The molecule has 12 heteroatoms. The Morgan fingerprint density at radius 2 is 1.05 bits per heavy atom. The molecule has 63 heavy (non-hydrogen) atoms. The summed E-state index contributed by atoms with van der Waals surface area (Å²) in [6.07, 6.45) is 9.31. The van der Waals surface area contributed by atoms with E-state index in [1.54, 1.807) is 28.6 Å². The Morgan fingerprint density at radius 1 is 0.619 bits per heavy atom. The predicted octanol–water partition coefficient (Wildman–Crippen LogP) is 10.3. The monoisotopic (exact) mass is 903 g/mol. The number of hydrogen-bond donors (Lipinski definition) is 4. The molecule has 5 N–H and O–H groups in total. The molecule has 0 atom stereocenters. The zero-order valence-electron chi connectivity index (χ0n) is 36.2. The van der Waals surface area contributed by atoms with Gasteiger partial charge < -0.3 is 26.6 Å². The van der Waals surface area contributed by atoms with Crippen molar-refractivity contribution in [3.63, 3.8) is 0 Å². The van der Waals surface area contributed by atoms with E-state index in [-0.39, 0.29) is 37.5 Å². The number of nitrogens with zero attached hydrogens (tertiary/aromatic N) is 2. The van der Waals surface area contributed by atoms with Crippen molar-refractivity contribution in [3.05, 3.63) is 126 Å². The molecule has 4 aromatic rings. The van der Waals surface area contributed by atoms with Crippen LogP contribution in [0.25, 0.3) is 0 Å². The van der Waals surface area contributed by atoms with Crippen LogP contribution in [0.1, 0.15) is 119 Å². The van der Waals surface area contributed by atoms with Crippen molar-refractivity contribution < 1.29 is 18.0 Å². The second kappa shape index (κ2) is 26.6. The summed E-state index contributed by atoms with van der Waals surface area (Å²) in [6.45, 7) is 11.8. The van der Waals surface area contributed by atoms with Gasteiger partial charge in [-0.15, -0.1) is 11.6 Å². The molecule has 0 aliphatic carbocycles. The van der Waals surface area contributed by atoms with Crippen LogP contribution in [-0.4, -0.2) is 92.6 Å². The smallest absolute Gasteiger partial charge is 0.243 e. The first-order valence-corrected chi connectivity index (χ1v) is 24.1. The minimum atomic E-state index is -3.46. The molecule has 0 bridgehead atoms. The molecule has 0 unspecified atom stereocenters. The van der Waals surface area contributed by atoms with E-state index in [0.717, 1.165) is 67.8 Å². The number of rotatable bonds is 4. The lowest BCUT2D eigenvalue weighted by atomic mass is 9.84. The number of hydrogen-bond acceptors (Lipinski definition) is 9. The van der Waals surface area contributed by atoms with Crippen LogP contribution in [0.5, 0.6) is 0 Å². The van der Waals surface area contributed by atoms with Crippen LogP contribution in [0.3, 0.4) is 0 Å². The Kier molecular flexibility index (Phi) is 22.5. The molecule has 2 spiro atoms. The second-order valence-electron chi connectivity index (χ2n) is 16.4. The van der Waals surface area contributed by atoms with E-state index < -0.39 is 10.0 Å². The number of sulfonamides is 1. The maximum Gasteiger partial charge on any atom is 0.243 e. The number of nitrogens with two attached hydrogens (primary N) is 1. The van der Waals surface area contributed by atoms with Crippen molar-refractivity contribution in [2.75, 3.05) is 63.0 Å². The first-order chi connectivity index (χ1) is 29.6. The van der Waals surface area contributed by atoms with Gasteiger partial charge in [0.25, 0.3) is 0 Å². The fourth-order valence-electron chi connectivity index (χ4n) is 8.56. The summed E-state index contributed by atoms with van der Waals surface area (Å²) in [4.78, 5) is 27.3. The normalized spacial score (nSPS) is 18.5. The summed E-state index contributed by atoms with van der Waals surface area (Å²) in [6, 6.07) is 34.0. The standard InChI is InChI=1S/C20H22N2O3S.C14H18N2O.C7H7Cl.C6H13N.C2H7N.2CH4/c23-19-10-11-20(21-18-9-5-4-8-17(18)19)12-14-22(15-13-20)26(24,25)16-6-2-1-3-7-16;17-13-5-6-14(7-9-15-10-8-14)16-12-4-2-1-3-11(12)13;8-6-7-4-2-1-3-5-7;1-2-7-5-3-4-6-7;1-2-3;;/h1-9,21H,10-15H2;1-4,15-16H,5-10H2;1-5H,6H2;2-6H2,1H3;2-3H2,1H3;2*1H4. The molecule has 5 aliphatic rings. The zero-order valence-corrected chi connectivity index (χ0v) is 37.8. The Hall–Kier alpha value is -4.10. The molecular formula is C51H75ClN6O4S. The highest BCUT2D eigenvalue weighted by Crippen LogP contribution is 2.38. The van der Waals surface area contributed by atoms with Gasteiger partial charge in [0.2, 0.25) is 10.0 Å². The summed E-state index contributed by atoms with van der Waals surface area (Å²) in [5, 5.41) is 10.6. The Balaban J connectivity index is 0.000000244. The highest BCUT2D eigenvalue weighted by molar-refractivity contribution is 7.89. The summed E-state index contributed by atoms with van der Waals surface area (Å²) in [5.74, 6) is 1.05. The summed E-state index contributed by atoms with van der Waals surface area (Å²) < 4.78 is 27.2. The van der Waals surface area contributed by atoms with Crippen LogP contribution in [0.2, 0.25) is 0 Å². The minimum Gasteiger partial charge on any atom is -0.379 e. The topological polar surface area (TPSA) is 137 Å². The number of nitrogens with one attached hydrogen (secondary N) is 3. The van der Waals surface area contributed by atoms with Gasteiger partial charge in [0, 0.05) is 65.4 Å². The zero-order chi connectivity index (χ0) is 43.6.